The smallest absolute Gasteiger partial charge is 0.409 e. The van der Waals surface area contributed by atoms with Gasteiger partial charge in [-0.2, -0.15) is 0 Å². The number of ether oxygens (including phenoxy) is 3. The van der Waals surface area contributed by atoms with Crippen molar-refractivity contribution < 1.29 is 33.4 Å². The van der Waals surface area contributed by atoms with Crippen LogP contribution in [0, 0.1) is 5.92 Å². The second-order valence-electron chi connectivity index (χ2n) is 9.84. The van der Waals surface area contributed by atoms with Crippen molar-refractivity contribution in [2.24, 2.45) is 5.92 Å². The van der Waals surface area contributed by atoms with E-state index in [0.717, 1.165) is 17.3 Å². The Hall–Kier alpha value is -2.75. The third-order valence-corrected chi connectivity index (χ3v) is 6.67. The molecule has 1 aliphatic rings. The summed E-state index contributed by atoms with van der Waals surface area (Å²) < 4.78 is 16.0. The number of nitrogens with zero attached hydrogens (tertiary/aromatic N) is 2. The minimum Gasteiger partial charge on any atom is -0.497 e. The van der Waals surface area contributed by atoms with Crippen molar-refractivity contribution in [1.29, 1.82) is 0 Å². The maximum Gasteiger partial charge on any atom is 0.409 e. The normalized spacial score (nSPS) is 16.3. The first-order valence-corrected chi connectivity index (χ1v) is 13.1. The monoisotopic (exact) mass is 522 g/mol. The summed E-state index contributed by atoms with van der Waals surface area (Å²) in [6, 6.07) is 6.58. The minimum absolute atomic E-state index is 0.0924. The first-order valence-electron chi connectivity index (χ1n) is 12.1. The molecule has 1 heterocycles. The summed E-state index contributed by atoms with van der Waals surface area (Å²) in [7, 11) is 3.19. The Labute approximate surface area is 217 Å². The second kappa shape index (κ2) is 13.5. The van der Waals surface area contributed by atoms with Gasteiger partial charge in [0.05, 0.1) is 7.11 Å². The summed E-state index contributed by atoms with van der Waals surface area (Å²) in [5.74, 6) is -0.143. The SMILES string of the molecule is COc1ccc(COC(=O)N(C)CCC(CSC(C)=O)C(=O)N2CCC[C@H]2C(=O)OC(C)(C)C)cc1. The number of thioether (sulfide) groups is 1. The summed E-state index contributed by atoms with van der Waals surface area (Å²) in [6.45, 7) is 7.67. The van der Waals surface area contributed by atoms with Crippen molar-refractivity contribution in [2.75, 3.05) is 33.0 Å². The topological polar surface area (TPSA) is 102 Å². The third kappa shape index (κ3) is 9.37. The van der Waals surface area contributed by atoms with Gasteiger partial charge < -0.3 is 24.0 Å². The highest BCUT2D eigenvalue weighted by Crippen LogP contribution is 2.26. The van der Waals surface area contributed by atoms with Crippen molar-refractivity contribution in [1.82, 2.24) is 9.80 Å². The van der Waals surface area contributed by atoms with Gasteiger partial charge >= 0.3 is 12.1 Å². The molecular weight excluding hydrogens is 484 g/mol. The van der Waals surface area contributed by atoms with Gasteiger partial charge in [-0.25, -0.2) is 9.59 Å². The van der Waals surface area contributed by atoms with Crippen LogP contribution in [-0.2, 0) is 30.5 Å². The molecule has 1 saturated heterocycles. The van der Waals surface area contributed by atoms with Crippen molar-refractivity contribution in [3.8, 4) is 5.75 Å². The van der Waals surface area contributed by atoms with Crippen molar-refractivity contribution in [2.45, 2.75) is 65.2 Å². The predicted octanol–water partition coefficient (Wildman–Crippen LogP) is 3.88. The number of likely N-dealkylation sites (tertiary alicyclic amines) is 1. The first kappa shape index (κ1) is 29.5. The van der Waals surface area contributed by atoms with E-state index in [9.17, 15) is 19.2 Å². The van der Waals surface area contributed by atoms with Crippen LogP contribution in [0.25, 0.3) is 0 Å². The van der Waals surface area contributed by atoms with Gasteiger partial charge in [-0.1, -0.05) is 23.9 Å². The Morgan fingerprint density at radius 2 is 1.83 bits per heavy atom. The van der Waals surface area contributed by atoms with E-state index in [1.807, 2.05) is 12.1 Å². The average Bonchev–Trinajstić information content (AvgIpc) is 3.31. The van der Waals surface area contributed by atoms with E-state index in [4.69, 9.17) is 14.2 Å². The lowest BCUT2D eigenvalue weighted by molar-refractivity contribution is -0.163. The minimum atomic E-state index is -0.646. The van der Waals surface area contributed by atoms with E-state index >= 15 is 0 Å². The van der Waals surface area contributed by atoms with Gasteiger partial charge in [0.15, 0.2) is 5.12 Å². The summed E-state index contributed by atoms with van der Waals surface area (Å²) in [4.78, 5) is 53.2. The van der Waals surface area contributed by atoms with Crippen molar-refractivity contribution >= 4 is 34.8 Å². The Morgan fingerprint density at radius 1 is 1.17 bits per heavy atom. The highest BCUT2D eigenvalue weighted by atomic mass is 32.2. The zero-order valence-corrected chi connectivity index (χ0v) is 22.9. The molecule has 0 aliphatic carbocycles. The maximum atomic E-state index is 13.4. The number of rotatable bonds is 10. The molecule has 1 unspecified atom stereocenters. The van der Waals surface area contributed by atoms with E-state index in [2.05, 4.69) is 0 Å². The van der Waals surface area contributed by atoms with Gasteiger partial charge in [0, 0.05) is 38.7 Å². The van der Waals surface area contributed by atoms with Crippen molar-refractivity contribution in [3.05, 3.63) is 29.8 Å². The van der Waals surface area contributed by atoms with E-state index in [0.29, 0.717) is 31.6 Å². The number of esters is 1. The summed E-state index contributed by atoms with van der Waals surface area (Å²) in [5, 5.41) is -0.0924. The van der Waals surface area contributed by atoms with Crippen LogP contribution in [0.4, 0.5) is 4.79 Å². The predicted molar refractivity (Wildman–Crippen MR) is 138 cm³/mol. The fraction of sp³-hybridized carbons (Fsp3) is 0.615. The molecule has 36 heavy (non-hydrogen) atoms. The molecule has 0 N–H and O–H groups in total. The molecule has 1 aromatic rings. The van der Waals surface area contributed by atoms with Crippen LogP contribution in [-0.4, -0.2) is 77.5 Å². The molecule has 0 aromatic heterocycles. The fourth-order valence-electron chi connectivity index (χ4n) is 3.79. The summed E-state index contributed by atoms with van der Waals surface area (Å²) in [6.07, 6.45) is 1.08. The molecular formula is C26H38N2O7S. The lowest BCUT2D eigenvalue weighted by Gasteiger charge is -2.30. The van der Waals surface area contributed by atoms with Crippen LogP contribution in [0.5, 0.6) is 5.75 Å². The molecule has 10 heteroatoms. The van der Waals surface area contributed by atoms with Gasteiger partial charge in [0.25, 0.3) is 0 Å². The molecule has 1 aliphatic heterocycles. The largest absolute Gasteiger partial charge is 0.497 e. The van der Waals surface area contributed by atoms with Crippen molar-refractivity contribution in [3.63, 3.8) is 0 Å². The number of carbonyl (C=O) groups excluding carboxylic acids is 4. The van der Waals surface area contributed by atoms with Gasteiger partial charge in [0.2, 0.25) is 5.91 Å². The molecule has 2 atom stereocenters. The van der Waals surface area contributed by atoms with E-state index in [1.54, 1.807) is 52.0 Å². The number of amides is 2. The lowest BCUT2D eigenvalue weighted by atomic mass is 10.0. The molecule has 200 valence electrons. The van der Waals surface area contributed by atoms with Gasteiger partial charge in [-0.3, -0.25) is 9.59 Å². The van der Waals surface area contributed by atoms with E-state index in [-0.39, 0.29) is 29.9 Å². The Morgan fingerprint density at radius 3 is 2.42 bits per heavy atom. The molecule has 1 fully saturated rings. The van der Waals surface area contributed by atoms with E-state index in [1.165, 1.54) is 11.8 Å². The summed E-state index contributed by atoms with van der Waals surface area (Å²) >= 11 is 1.07. The van der Waals surface area contributed by atoms with Crippen LogP contribution < -0.4 is 4.74 Å². The maximum absolute atomic E-state index is 13.4. The molecule has 2 amide bonds. The number of carbonyl (C=O) groups is 4. The zero-order valence-electron chi connectivity index (χ0n) is 22.1. The molecule has 1 aromatic carbocycles. The van der Waals surface area contributed by atoms with Crippen LogP contribution in [0.2, 0.25) is 0 Å². The number of methoxy groups -OCH3 is 1. The standard InChI is InChI=1S/C26H38N2O7S/c1-18(29)36-17-20(23(30)28-14-7-8-22(28)24(31)35-26(2,3)4)13-15-27(5)25(32)34-16-19-9-11-21(33-6)12-10-19/h9-12,20,22H,7-8,13-17H2,1-6H3/t20?,22-/m0/s1. The lowest BCUT2D eigenvalue weighted by Crippen LogP contribution is -2.46. The molecule has 0 bridgehead atoms. The number of hydrogen-bond donors (Lipinski definition) is 0. The van der Waals surface area contributed by atoms with Crippen LogP contribution in [0.3, 0.4) is 0 Å². The molecule has 0 spiro atoms. The molecule has 0 saturated carbocycles. The van der Waals surface area contributed by atoms with Crippen LogP contribution in [0.15, 0.2) is 24.3 Å². The van der Waals surface area contributed by atoms with E-state index < -0.39 is 29.6 Å². The molecule has 9 nitrogen and oxygen atoms in total. The molecule has 2 rings (SSSR count). The zero-order chi connectivity index (χ0) is 26.9. The fourth-order valence-corrected chi connectivity index (χ4v) is 4.54. The average molecular weight is 523 g/mol. The molecule has 0 radical (unpaired) electrons. The highest BCUT2D eigenvalue weighted by molar-refractivity contribution is 8.13. The highest BCUT2D eigenvalue weighted by Gasteiger charge is 2.39. The Balaban J connectivity index is 1.97. The number of hydrogen-bond acceptors (Lipinski definition) is 8. The van der Waals surface area contributed by atoms with Gasteiger partial charge in [-0.05, 0) is 57.7 Å². The Bertz CT molecular complexity index is 914. The van der Waals surface area contributed by atoms with Crippen LogP contribution in [0.1, 0.15) is 52.5 Å². The van der Waals surface area contributed by atoms with Crippen LogP contribution >= 0.6 is 11.8 Å². The number of benzene rings is 1. The Kier molecular flexibility index (Phi) is 11.1. The second-order valence-corrected chi connectivity index (χ2v) is 11.0. The van der Waals surface area contributed by atoms with Gasteiger partial charge in [-0.15, -0.1) is 0 Å². The quantitative estimate of drug-likeness (QED) is 0.427. The summed E-state index contributed by atoms with van der Waals surface area (Å²) in [5.41, 5.74) is 0.179. The third-order valence-electron chi connectivity index (χ3n) is 5.70. The first-order chi connectivity index (χ1) is 16.9. The van der Waals surface area contributed by atoms with Gasteiger partial charge in [0.1, 0.15) is 24.0 Å².